The highest BCUT2D eigenvalue weighted by molar-refractivity contribution is 6.31. The van der Waals surface area contributed by atoms with Gasteiger partial charge >= 0.3 is 0 Å². The van der Waals surface area contributed by atoms with Crippen LogP contribution in [0.5, 0.6) is 0 Å². The second kappa shape index (κ2) is 3.53. The predicted octanol–water partition coefficient (Wildman–Crippen LogP) is 0.777. The van der Waals surface area contributed by atoms with Crippen LogP contribution in [0.25, 0.3) is 0 Å². The number of hydrogen-bond donors (Lipinski definition) is 1. The molecule has 0 spiro atoms. The average molecular weight is 215 g/mol. The van der Waals surface area contributed by atoms with Crippen molar-refractivity contribution < 1.29 is 0 Å². The molecule has 0 aliphatic carbocycles. The number of likely N-dealkylation sites (N-methyl/N-ethyl adjacent to an activating group) is 1. The first-order chi connectivity index (χ1) is 6.61. The smallest absolute Gasteiger partial charge is 0.0834 e. The summed E-state index contributed by atoms with van der Waals surface area (Å²) in [6.45, 7) is 1.02. The van der Waals surface area contributed by atoms with Crippen LogP contribution in [0, 0.1) is 0 Å². The SMILES string of the molecule is CN1CCC(N)C1c1c(Cl)cnn1C. The van der Waals surface area contributed by atoms with Crippen LogP contribution >= 0.6 is 11.6 Å². The van der Waals surface area contributed by atoms with Gasteiger partial charge < -0.3 is 5.73 Å². The summed E-state index contributed by atoms with van der Waals surface area (Å²) >= 11 is 6.09. The van der Waals surface area contributed by atoms with Gasteiger partial charge in [-0.25, -0.2) is 0 Å². The van der Waals surface area contributed by atoms with Gasteiger partial charge in [-0.3, -0.25) is 9.58 Å². The fraction of sp³-hybridized carbons (Fsp3) is 0.667. The molecule has 1 fully saturated rings. The molecular weight excluding hydrogens is 200 g/mol. The summed E-state index contributed by atoms with van der Waals surface area (Å²) < 4.78 is 1.81. The zero-order chi connectivity index (χ0) is 10.3. The van der Waals surface area contributed by atoms with Crippen LogP contribution in [-0.2, 0) is 7.05 Å². The van der Waals surface area contributed by atoms with Crippen molar-refractivity contribution in [3.8, 4) is 0 Å². The molecule has 0 amide bonds. The zero-order valence-corrected chi connectivity index (χ0v) is 9.20. The van der Waals surface area contributed by atoms with Crippen molar-refractivity contribution in [1.82, 2.24) is 14.7 Å². The lowest BCUT2D eigenvalue weighted by Crippen LogP contribution is -2.31. The molecule has 5 heteroatoms. The normalized spacial score (nSPS) is 28.6. The molecule has 14 heavy (non-hydrogen) atoms. The van der Waals surface area contributed by atoms with Gasteiger partial charge in [0.15, 0.2) is 0 Å². The van der Waals surface area contributed by atoms with Crippen molar-refractivity contribution in [1.29, 1.82) is 0 Å². The van der Waals surface area contributed by atoms with Crippen molar-refractivity contribution in [3.63, 3.8) is 0 Å². The molecule has 2 rings (SSSR count). The van der Waals surface area contributed by atoms with Crippen molar-refractivity contribution >= 4 is 11.6 Å². The van der Waals surface area contributed by atoms with Crippen molar-refractivity contribution in [2.45, 2.75) is 18.5 Å². The number of rotatable bonds is 1. The van der Waals surface area contributed by atoms with Crippen molar-refractivity contribution in [3.05, 3.63) is 16.9 Å². The molecule has 2 atom stereocenters. The van der Waals surface area contributed by atoms with E-state index >= 15 is 0 Å². The van der Waals surface area contributed by atoms with Gasteiger partial charge in [-0.1, -0.05) is 11.6 Å². The summed E-state index contributed by atoms with van der Waals surface area (Å²) in [5, 5.41) is 4.84. The quantitative estimate of drug-likeness (QED) is 0.752. The Kier molecular flexibility index (Phi) is 2.51. The Morgan fingerprint density at radius 1 is 1.57 bits per heavy atom. The first kappa shape index (κ1) is 9.96. The number of nitrogens with zero attached hydrogens (tertiary/aromatic N) is 3. The molecule has 0 radical (unpaired) electrons. The van der Waals surface area contributed by atoms with E-state index in [-0.39, 0.29) is 12.1 Å². The molecular formula is C9H15ClN4. The van der Waals surface area contributed by atoms with Gasteiger partial charge in [-0.15, -0.1) is 0 Å². The third-order valence-electron chi connectivity index (χ3n) is 2.91. The van der Waals surface area contributed by atoms with Gasteiger partial charge in [-0.05, 0) is 13.5 Å². The lowest BCUT2D eigenvalue weighted by molar-refractivity contribution is 0.291. The molecule has 1 aliphatic rings. The summed E-state index contributed by atoms with van der Waals surface area (Å²) in [5.74, 6) is 0. The van der Waals surface area contributed by atoms with Crippen LogP contribution in [0.15, 0.2) is 6.20 Å². The monoisotopic (exact) mass is 214 g/mol. The maximum atomic E-state index is 6.09. The third-order valence-corrected chi connectivity index (χ3v) is 3.20. The minimum Gasteiger partial charge on any atom is -0.326 e. The van der Waals surface area contributed by atoms with Gasteiger partial charge in [0.2, 0.25) is 0 Å². The fourth-order valence-electron chi connectivity index (χ4n) is 2.14. The van der Waals surface area contributed by atoms with Gasteiger partial charge in [0, 0.05) is 19.6 Å². The van der Waals surface area contributed by atoms with Gasteiger partial charge in [0.05, 0.1) is 23.0 Å². The molecule has 1 aliphatic heterocycles. The second-order valence-corrected chi connectivity index (χ2v) is 4.29. The first-order valence-corrected chi connectivity index (χ1v) is 5.12. The zero-order valence-electron chi connectivity index (χ0n) is 8.44. The van der Waals surface area contributed by atoms with Crippen LogP contribution in [0.2, 0.25) is 5.02 Å². The molecule has 2 N–H and O–H groups in total. The van der Waals surface area contributed by atoms with E-state index in [2.05, 4.69) is 17.0 Å². The maximum absolute atomic E-state index is 6.09. The lowest BCUT2D eigenvalue weighted by Gasteiger charge is -2.23. The van der Waals surface area contributed by atoms with Crippen LogP contribution in [-0.4, -0.2) is 34.3 Å². The van der Waals surface area contributed by atoms with E-state index in [1.165, 1.54) is 0 Å². The topological polar surface area (TPSA) is 47.1 Å². The Labute approximate surface area is 88.6 Å². The van der Waals surface area contributed by atoms with Crippen LogP contribution in [0.4, 0.5) is 0 Å². The lowest BCUT2D eigenvalue weighted by atomic mass is 10.1. The summed E-state index contributed by atoms with van der Waals surface area (Å²) in [6, 6.07) is 0.364. The number of aryl methyl sites for hydroxylation is 1. The molecule has 1 aromatic heterocycles. The molecule has 2 unspecified atom stereocenters. The molecule has 1 saturated heterocycles. The summed E-state index contributed by atoms with van der Waals surface area (Å²) in [6.07, 6.45) is 2.69. The highest BCUT2D eigenvalue weighted by atomic mass is 35.5. The van der Waals surface area contributed by atoms with E-state index in [9.17, 15) is 0 Å². The number of aromatic nitrogens is 2. The summed E-state index contributed by atoms with van der Waals surface area (Å²) in [4.78, 5) is 2.23. The molecule has 4 nitrogen and oxygen atoms in total. The van der Waals surface area contributed by atoms with Crippen molar-refractivity contribution in [2.75, 3.05) is 13.6 Å². The predicted molar refractivity (Wildman–Crippen MR) is 56.2 cm³/mol. The number of hydrogen-bond acceptors (Lipinski definition) is 3. The molecule has 78 valence electrons. The Balaban J connectivity index is 2.38. The summed E-state index contributed by atoms with van der Waals surface area (Å²) in [5.41, 5.74) is 7.08. The molecule has 0 aromatic carbocycles. The maximum Gasteiger partial charge on any atom is 0.0834 e. The molecule has 0 bridgehead atoms. The van der Waals surface area contributed by atoms with Gasteiger partial charge in [-0.2, -0.15) is 5.10 Å². The number of nitrogens with two attached hydrogens (primary N) is 1. The summed E-state index contributed by atoms with van der Waals surface area (Å²) in [7, 11) is 3.97. The third kappa shape index (κ3) is 1.43. The molecule has 1 aromatic rings. The Morgan fingerprint density at radius 3 is 2.71 bits per heavy atom. The Bertz CT molecular complexity index is 306. The standard InChI is InChI=1S/C9H15ClN4/c1-13-4-3-7(11)9(13)8-6(10)5-12-14(8)2/h5,7,9H,3-4,11H2,1-2H3. The largest absolute Gasteiger partial charge is 0.326 e. The Hall–Kier alpha value is -0.580. The van der Waals surface area contributed by atoms with E-state index in [4.69, 9.17) is 17.3 Å². The first-order valence-electron chi connectivity index (χ1n) is 4.74. The highest BCUT2D eigenvalue weighted by Crippen LogP contribution is 2.33. The average Bonchev–Trinajstić information content (AvgIpc) is 2.60. The van der Waals surface area contributed by atoms with Gasteiger partial charge in [0.25, 0.3) is 0 Å². The van der Waals surface area contributed by atoms with Crippen LogP contribution in [0.3, 0.4) is 0 Å². The molecule has 2 heterocycles. The van der Waals surface area contributed by atoms with Crippen molar-refractivity contribution in [2.24, 2.45) is 12.8 Å². The fourth-order valence-corrected chi connectivity index (χ4v) is 2.42. The van der Waals surface area contributed by atoms with Gasteiger partial charge in [0.1, 0.15) is 0 Å². The van der Waals surface area contributed by atoms with E-state index in [1.54, 1.807) is 6.20 Å². The number of halogens is 1. The minimum absolute atomic E-state index is 0.160. The van der Waals surface area contributed by atoms with E-state index < -0.39 is 0 Å². The van der Waals surface area contributed by atoms with E-state index in [0.29, 0.717) is 5.02 Å². The minimum atomic E-state index is 0.160. The van der Waals surface area contributed by atoms with E-state index in [1.807, 2.05) is 11.7 Å². The Morgan fingerprint density at radius 2 is 2.29 bits per heavy atom. The second-order valence-electron chi connectivity index (χ2n) is 3.88. The van der Waals surface area contributed by atoms with Crippen LogP contribution in [0.1, 0.15) is 18.2 Å². The van der Waals surface area contributed by atoms with Crippen LogP contribution < -0.4 is 5.73 Å². The highest BCUT2D eigenvalue weighted by Gasteiger charge is 2.33. The van der Waals surface area contributed by atoms with E-state index in [0.717, 1.165) is 18.7 Å². The number of likely N-dealkylation sites (tertiary alicyclic amines) is 1. The molecule has 0 saturated carbocycles.